The number of benzene rings is 1. The predicted octanol–water partition coefficient (Wildman–Crippen LogP) is 3.54. The van der Waals surface area contributed by atoms with Crippen molar-refractivity contribution in [1.82, 2.24) is 9.88 Å². The van der Waals surface area contributed by atoms with E-state index in [1.54, 1.807) is 18.4 Å². The van der Waals surface area contributed by atoms with Gasteiger partial charge in [-0.2, -0.15) is 0 Å². The number of ether oxygens (including phenoxy) is 1. The molecule has 1 aromatic heterocycles. The summed E-state index contributed by atoms with van der Waals surface area (Å²) in [6, 6.07) is 5.94. The lowest BCUT2D eigenvalue weighted by Gasteiger charge is -2.29. The molecule has 1 unspecified atom stereocenters. The first-order chi connectivity index (χ1) is 10.7. The number of aliphatic hydroxyl groups is 1. The number of piperidine rings is 1. The van der Waals surface area contributed by atoms with Crippen molar-refractivity contribution < 1.29 is 9.84 Å². The molecule has 2 heterocycles. The lowest BCUT2D eigenvalue weighted by molar-refractivity contribution is 0.0663. The van der Waals surface area contributed by atoms with E-state index in [1.165, 1.54) is 0 Å². The molecule has 0 radical (unpaired) electrons. The van der Waals surface area contributed by atoms with Gasteiger partial charge in [-0.05, 0) is 37.6 Å². The number of hydrogen-bond acceptors (Lipinski definition) is 5. The number of hydrogen-bond donors (Lipinski definition) is 1. The molecule has 4 nitrogen and oxygen atoms in total. The molecule has 0 aliphatic carbocycles. The molecule has 1 aliphatic rings. The molecule has 0 bridgehead atoms. The largest absolute Gasteiger partial charge is 0.496 e. The fourth-order valence-corrected chi connectivity index (χ4v) is 3.95. The van der Waals surface area contributed by atoms with Crippen molar-refractivity contribution in [3.8, 4) is 16.3 Å². The van der Waals surface area contributed by atoms with Crippen LogP contribution in [0, 0.1) is 0 Å². The van der Waals surface area contributed by atoms with Gasteiger partial charge in [0.05, 0.1) is 24.5 Å². The smallest absolute Gasteiger partial charge is 0.129 e. The molecule has 1 aliphatic heterocycles. The van der Waals surface area contributed by atoms with E-state index in [-0.39, 0.29) is 6.10 Å². The standard InChI is InChI=1S/C16H19BrN2O2S/c1-21-15-5-4-11(17)7-14(15)16-18-12(10-22-16)8-19-6-2-3-13(20)9-19/h4-5,7,10,13,20H,2-3,6,8-9H2,1H3. The van der Waals surface area contributed by atoms with Gasteiger partial charge >= 0.3 is 0 Å². The second-order valence-electron chi connectivity index (χ2n) is 5.52. The quantitative estimate of drug-likeness (QED) is 0.878. The van der Waals surface area contributed by atoms with Crippen LogP contribution in [0.2, 0.25) is 0 Å². The number of β-amino-alcohol motifs (C(OH)–C–C–N with tert-alkyl or cyclic N) is 1. The second kappa shape index (κ2) is 7.08. The lowest BCUT2D eigenvalue weighted by Crippen LogP contribution is -2.37. The number of aliphatic hydroxyl groups excluding tert-OH is 1. The molecule has 0 spiro atoms. The Morgan fingerprint density at radius 2 is 2.36 bits per heavy atom. The molecule has 0 saturated carbocycles. The minimum Gasteiger partial charge on any atom is -0.496 e. The Bertz CT molecular complexity index is 647. The summed E-state index contributed by atoms with van der Waals surface area (Å²) in [6.07, 6.45) is 1.77. The fraction of sp³-hybridized carbons (Fsp3) is 0.438. The highest BCUT2D eigenvalue weighted by molar-refractivity contribution is 9.10. The van der Waals surface area contributed by atoms with Gasteiger partial charge in [0, 0.05) is 22.9 Å². The first-order valence-electron chi connectivity index (χ1n) is 7.34. The van der Waals surface area contributed by atoms with Crippen molar-refractivity contribution in [2.75, 3.05) is 20.2 Å². The van der Waals surface area contributed by atoms with E-state index in [9.17, 15) is 5.11 Å². The molecule has 0 amide bonds. The average Bonchev–Trinajstić information content (AvgIpc) is 2.95. The van der Waals surface area contributed by atoms with Crippen molar-refractivity contribution in [2.45, 2.75) is 25.5 Å². The van der Waals surface area contributed by atoms with E-state index in [0.717, 1.165) is 59.0 Å². The average molecular weight is 383 g/mol. The van der Waals surface area contributed by atoms with E-state index in [0.29, 0.717) is 0 Å². The Hall–Kier alpha value is -0.950. The Morgan fingerprint density at radius 3 is 3.14 bits per heavy atom. The third-order valence-corrected chi connectivity index (χ3v) is 5.23. The maximum atomic E-state index is 9.76. The second-order valence-corrected chi connectivity index (χ2v) is 7.29. The van der Waals surface area contributed by atoms with Crippen LogP contribution >= 0.6 is 27.3 Å². The lowest BCUT2D eigenvalue weighted by atomic mass is 10.1. The molecular weight excluding hydrogens is 364 g/mol. The molecular formula is C16H19BrN2O2S. The monoisotopic (exact) mass is 382 g/mol. The topological polar surface area (TPSA) is 45.6 Å². The van der Waals surface area contributed by atoms with Gasteiger partial charge in [0.2, 0.25) is 0 Å². The highest BCUT2D eigenvalue weighted by Gasteiger charge is 2.19. The highest BCUT2D eigenvalue weighted by Crippen LogP contribution is 2.34. The van der Waals surface area contributed by atoms with Crippen LogP contribution in [-0.2, 0) is 6.54 Å². The molecule has 1 N–H and O–H groups in total. The van der Waals surface area contributed by atoms with Crippen LogP contribution in [0.25, 0.3) is 10.6 Å². The maximum absolute atomic E-state index is 9.76. The number of aromatic nitrogens is 1. The van der Waals surface area contributed by atoms with Gasteiger partial charge < -0.3 is 9.84 Å². The minimum atomic E-state index is -0.197. The Labute approximate surface area is 142 Å². The molecule has 2 aromatic rings. The summed E-state index contributed by atoms with van der Waals surface area (Å²) in [4.78, 5) is 7.01. The van der Waals surface area contributed by atoms with Crippen LogP contribution in [0.5, 0.6) is 5.75 Å². The Kier molecular flexibility index (Phi) is 5.13. The summed E-state index contributed by atoms with van der Waals surface area (Å²) in [5.41, 5.74) is 2.06. The summed E-state index contributed by atoms with van der Waals surface area (Å²) in [5, 5.41) is 12.8. The van der Waals surface area contributed by atoms with Gasteiger partial charge in [-0.25, -0.2) is 4.98 Å². The summed E-state index contributed by atoms with van der Waals surface area (Å²) in [6.45, 7) is 2.57. The zero-order valence-corrected chi connectivity index (χ0v) is 14.9. The summed E-state index contributed by atoms with van der Waals surface area (Å²) >= 11 is 5.13. The van der Waals surface area contributed by atoms with Crippen molar-refractivity contribution in [3.05, 3.63) is 33.7 Å². The van der Waals surface area contributed by atoms with E-state index < -0.39 is 0 Å². The van der Waals surface area contributed by atoms with Crippen LogP contribution in [0.15, 0.2) is 28.1 Å². The molecule has 118 valence electrons. The highest BCUT2D eigenvalue weighted by atomic mass is 79.9. The molecule has 1 atom stereocenters. The van der Waals surface area contributed by atoms with Gasteiger partial charge in [0.15, 0.2) is 0 Å². The predicted molar refractivity (Wildman–Crippen MR) is 92.3 cm³/mol. The molecule has 22 heavy (non-hydrogen) atoms. The summed E-state index contributed by atoms with van der Waals surface area (Å²) in [7, 11) is 1.68. The minimum absolute atomic E-state index is 0.197. The van der Waals surface area contributed by atoms with E-state index in [1.807, 2.05) is 18.2 Å². The molecule has 6 heteroatoms. The van der Waals surface area contributed by atoms with Gasteiger partial charge in [-0.15, -0.1) is 11.3 Å². The third kappa shape index (κ3) is 3.68. The van der Waals surface area contributed by atoms with E-state index in [2.05, 4.69) is 26.2 Å². The van der Waals surface area contributed by atoms with Crippen molar-refractivity contribution >= 4 is 27.3 Å². The van der Waals surface area contributed by atoms with Crippen LogP contribution < -0.4 is 4.74 Å². The van der Waals surface area contributed by atoms with Gasteiger partial charge in [-0.3, -0.25) is 4.90 Å². The molecule has 3 rings (SSSR count). The molecule has 1 saturated heterocycles. The normalized spacial score (nSPS) is 19.3. The zero-order valence-electron chi connectivity index (χ0n) is 12.5. The fourth-order valence-electron chi connectivity index (χ4n) is 2.75. The number of rotatable bonds is 4. The van der Waals surface area contributed by atoms with Gasteiger partial charge in [-0.1, -0.05) is 15.9 Å². The van der Waals surface area contributed by atoms with Gasteiger partial charge in [0.1, 0.15) is 10.8 Å². The van der Waals surface area contributed by atoms with E-state index in [4.69, 9.17) is 9.72 Å². The third-order valence-electron chi connectivity index (χ3n) is 3.81. The first-order valence-corrected chi connectivity index (χ1v) is 9.01. The summed E-state index contributed by atoms with van der Waals surface area (Å²) < 4.78 is 6.44. The van der Waals surface area contributed by atoms with Crippen molar-refractivity contribution in [3.63, 3.8) is 0 Å². The van der Waals surface area contributed by atoms with E-state index >= 15 is 0 Å². The first kappa shape index (κ1) is 15.9. The number of nitrogens with zero attached hydrogens (tertiary/aromatic N) is 2. The van der Waals surface area contributed by atoms with Crippen molar-refractivity contribution in [2.24, 2.45) is 0 Å². The number of likely N-dealkylation sites (tertiary alicyclic amines) is 1. The number of halogens is 1. The molecule has 1 aromatic carbocycles. The number of thiazole rings is 1. The summed E-state index contributed by atoms with van der Waals surface area (Å²) in [5.74, 6) is 0.831. The van der Waals surface area contributed by atoms with Gasteiger partial charge in [0.25, 0.3) is 0 Å². The van der Waals surface area contributed by atoms with Crippen LogP contribution in [0.3, 0.4) is 0 Å². The zero-order chi connectivity index (χ0) is 15.5. The Balaban J connectivity index is 1.77. The SMILES string of the molecule is COc1ccc(Br)cc1-c1nc(CN2CCCC(O)C2)cs1. The van der Waals surface area contributed by atoms with Crippen LogP contribution in [-0.4, -0.2) is 41.3 Å². The Morgan fingerprint density at radius 1 is 1.50 bits per heavy atom. The maximum Gasteiger partial charge on any atom is 0.129 e. The van der Waals surface area contributed by atoms with Crippen molar-refractivity contribution in [1.29, 1.82) is 0 Å². The van der Waals surface area contributed by atoms with Crippen LogP contribution in [0.1, 0.15) is 18.5 Å². The number of methoxy groups -OCH3 is 1. The molecule has 1 fully saturated rings. The van der Waals surface area contributed by atoms with Crippen LogP contribution in [0.4, 0.5) is 0 Å².